The number of benzene rings is 2. The Balaban J connectivity index is 2.36. The van der Waals surface area contributed by atoms with Crippen molar-refractivity contribution >= 4 is 28.5 Å². The van der Waals surface area contributed by atoms with Gasteiger partial charge in [0, 0.05) is 24.1 Å². The van der Waals surface area contributed by atoms with Gasteiger partial charge in [0.25, 0.3) is 0 Å². The second kappa shape index (κ2) is 9.53. The first kappa shape index (κ1) is 24.7. The lowest BCUT2D eigenvalue weighted by atomic mass is 9.86. The third-order valence-corrected chi connectivity index (χ3v) is 5.96. The summed E-state index contributed by atoms with van der Waals surface area (Å²) in [6.45, 7) is 7.62. The van der Waals surface area contributed by atoms with Crippen molar-refractivity contribution in [3.05, 3.63) is 74.3 Å². The van der Waals surface area contributed by atoms with E-state index in [4.69, 9.17) is 16.3 Å². The molecule has 1 atom stereocenters. The van der Waals surface area contributed by atoms with Crippen LogP contribution in [-0.2, 0) is 6.42 Å². The lowest BCUT2D eigenvalue weighted by Gasteiger charge is -2.33. The molecule has 0 bridgehead atoms. The second-order valence-electron chi connectivity index (χ2n) is 8.95. The summed E-state index contributed by atoms with van der Waals surface area (Å²) < 4.78 is 22.0. The zero-order valence-electron chi connectivity index (χ0n) is 19.0. The van der Waals surface area contributed by atoms with Crippen LogP contribution in [0.1, 0.15) is 55.2 Å². The van der Waals surface area contributed by atoms with E-state index < -0.39 is 34.2 Å². The Kier molecular flexibility index (Phi) is 7.14. The van der Waals surface area contributed by atoms with Gasteiger partial charge >= 0.3 is 5.97 Å². The maximum absolute atomic E-state index is 14.6. The quantitative estimate of drug-likeness (QED) is 0.498. The Bertz CT molecular complexity index is 1260. The molecule has 6 nitrogen and oxygen atoms in total. The number of ether oxygens (including phenoxy) is 1. The van der Waals surface area contributed by atoms with Crippen molar-refractivity contribution in [1.29, 1.82) is 0 Å². The summed E-state index contributed by atoms with van der Waals surface area (Å²) in [5.41, 5.74) is -0.239. The van der Waals surface area contributed by atoms with Gasteiger partial charge in [-0.15, -0.1) is 0 Å². The van der Waals surface area contributed by atoms with E-state index in [9.17, 15) is 24.2 Å². The number of aromatic nitrogens is 1. The Morgan fingerprint density at radius 2 is 1.94 bits per heavy atom. The maximum Gasteiger partial charge on any atom is 0.341 e. The average Bonchev–Trinajstić information content (AvgIpc) is 2.73. The molecule has 3 rings (SSSR count). The molecule has 1 heterocycles. The molecule has 0 aliphatic rings. The number of nitrogens with zero attached hydrogens (tertiary/aromatic N) is 1. The SMILES string of the molecule is CCOc1cc2c(cc1Cc1cccc(Cl)c1F)c(=O)c(C(=O)O)cn2C(CO)C(C)(C)C. The number of rotatable bonds is 7. The van der Waals surface area contributed by atoms with Crippen LogP contribution in [0.15, 0.2) is 41.3 Å². The maximum atomic E-state index is 14.6. The molecule has 1 aromatic heterocycles. The average molecular weight is 476 g/mol. The number of carboxylic acid groups (broad SMARTS) is 1. The molecule has 0 saturated carbocycles. The van der Waals surface area contributed by atoms with Crippen molar-refractivity contribution in [2.75, 3.05) is 13.2 Å². The van der Waals surface area contributed by atoms with Gasteiger partial charge in [0.1, 0.15) is 17.1 Å². The molecule has 0 fully saturated rings. The molecule has 8 heteroatoms. The zero-order valence-corrected chi connectivity index (χ0v) is 19.7. The molecular formula is C25H27ClFNO5. The van der Waals surface area contributed by atoms with Crippen molar-refractivity contribution in [2.45, 2.75) is 40.2 Å². The van der Waals surface area contributed by atoms with Crippen molar-refractivity contribution in [2.24, 2.45) is 5.41 Å². The van der Waals surface area contributed by atoms with Crippen LogP contribution in [0, 0.1) is 11.2 Å². The van der Waals surface area contributed by atoms with Crippen molar-refractivity contribution in [3.8, 4) is 5.75 Å². The van der Waals surface area contributed by atoms with Crippen LogP contribution in [0.2, 0.25) is 5.02 Å². The molecule has 0 saturated heterocycles. The summed E-state index contributed by atoms with van der Waals surface area (Å²) >= 11 is 5.92. The van der Waals surface area contributed by atoms with E-state index in [1.165, 1.54) is 12.3 Å². The Labute approximate surface area is 196 Å². The van der Waals surface area contributed by atoms with Crippen LogP contribution in [0.25, 0.3) is 10.9 Å². The summed E-state index contributed by atoms with van der Waals surface area (Å²) in [5, 5.41) is 19.9. The number of aliphatic hydroxyl groups excluding tert-OH is 1. The highest BCUT2D eigenvalue weighted by Gasteiger charge is 2.29. The highest BCUT2D eigenvalue weighted by Crippen LogP contribution is 2.35. The van der Waals surface area contributed by atoms with Crippen LogP contribution in [0.5, 0.6) is 5.75 Å². The topological polar surface area (TPSA) is 88.8 Å². The Hall–Kier alpha value is -2.90. The highest BCUT2D eigenvalue weighted by molar-refractivity contribution is 6.30. The van der Waals surface area contributed by atoms with Gasteiger partial charge in [0.15, 0.2) is 0 Å². The fraction of sp³-hybridized carbons (Fsp3) is 0.360. The first-order valence-corrected chi connectivity index (χ1v) is 11.0. The van der Waals surface area contributed by atoms with Gasteiger partial charge in [0.05, 0.1) is 29.8 Å². The molecule has 0 aliphatic heterocycles. The molecule has 0 aliphatic carbocycles. The van der Waals surface area contributed by atoms with E-state index in [1.807, 2.05) is 20.8 Å². The molecule has 2 aromatic carbocycles. The Morgan fingerprint density at radius 1 is 1.24 bits per heavy atom. The third kappa shape index (κ3) is 4.89. The molecule has 0 spiro atoms. The first-order chi connectivity index (χ1) is 15.5. The van der Waals surface area contributed by atoms with Gasteiger partial charge in [-0.2, -0.15) is 0 Å². The lowest BCUT2D eigenvalue weighted by Crippen LogP contribution is -2.30. The van der Waals surface area contributed by atoms with Gasteiger partial charge < -0.3 is 19.5 Å². The number of aromatic carboxylic acids is 1. The minimum atomic E-state index is -1.36. The molecule has 1 unspecified atom stereocenters. The number of halogens is 2. The molecular weight excluding hydrogens is 449 g/mol. The molecule has 3 aromatic rings. The monoisotopic (exact) mass is 475 g/mol. The van der Waals surface area contributed by atoms with Gasteiger partial charge in [-0.1, -0.05) is 44.5 Å². The van der Waals surface area contributed by atoms with Gasteiger partial charge in [-0.05, 0) is 35.6 Å². The van der Waals surface area contributed by atoms with E-state index in [2.05, 4.69) is 0 Å². The molecule has 176 valence electrons. The number of carboxylic acids is 1. The van der Waals surface area contributed by atoms with Gasteiger partial charge in [-0.25, -0.2) is 9.18 Å². The van der Waals surface area contributed by atoms with E-state index in [1.54, 1.807) is 35.8 Å². The van der Waals surface area contributed by atoms with Crippen molar-refractivity contribution < 1.29 is 24.1 Å². The number of aliphatic hydroxyl groups is 1. The van der Waals surface area contributed by atoms with Crippen molar-refractivity contribution in [1.82, 2.24) is 4.57 Å². The second-order valence-corrected chi connectivity index (χ2v) is 9.36. The number of hydrogen-bond acceptors (Lipinski definition) is 4. The number of pyridine rings is 1. The van der Waals surface area contributed by atoms with E-state index in [0.717, 1.165) is 0 Å². The number of hydrogen-bond donors (Lipinski definition) is 2. The van der Waals surface area contributed by atoms with E-state index in [-0.39, 0.29) is 23.4 Å². The largest absolute Gasteiger partial charge is 0.494 e. The molecule has 0 radical (unpaired) electrons. The van der Waals surface area contributed by atoms with E-state index in [0.29, 0.717) is 29.0 Å². The van der Waals surface area contributed by atoms with Crippen LogP contribution in [-0.4, -0.2) is 34.0 Å². The number of carbonyl (C=O) groups is 1. The Morgan fingerprint density at radius 3 is 2.52 bits per heavy atom. The predicted octanol–water partition coefficient (Wildman–Crippen LogP) is 5.06. The fourth-order valence-electron chi connectivity index (χ4n) is 3.93. The number of fused-ring (bicyclic) bond motifs is 1. The first-order valence-electron chi connectivity index (χ1n) is 10.6. The lowest BCUT2D eigenvalue weighted by molar-refractivity contribution is 0.0692. The summed E-state index contributed by atoms with van der Waals surface area (Å²) in [4.78, 5) is 24.9. The van der Waals surface area contributed by atoms with Crippen LogP contribution in [0.3, 0.4) is 0 Å². The standard InChI is InChI=1S/C25H27ClFNO5/c1-5-33-20-11-19-16(10-15(20)9-14-7-6-8-18(26)22(14)27)23(30)17(24(31)32)12-28(19)21(13-29)25(2,3)4/h6-8,10-12,21,29H,5,9,13H2,1-4H3,(H,31,32). The fourth-order valence-corrected chi connectivity index (χ4v) is 4.12. The highest BCUT2D eigenvalue weighted by atomic mass is 35.5. The normalized spacial score (nSPS) is 12.7. The zero-order chi connectivity index (χ0) is 24.5. The smallest absolute Gasteiger partial charge is 0.341 e. The summed E-state index contributed by atoms with van der Waals surface area (Å²) in [7, 11) is 0. The summed E-state index contributed by atoms with van der Waals surface area (Å²) in [6.07, 6.45) is 1.36. The minimum absolute atomic E-state index is 0.0160. The van der Waals surface area contributed by atoms with E-state index >= 15 is 0 Å². The van der Waals surface area contributed by atoms with Crippen LogP contribution >= 0.6 is 11.6 Å². The van der Waals surface area contributed by atoms with Gasteiger partial charge in [-0.3, -0.25) is 4.79 Å². The summed E-state index contributed by atoms with van der Waals surface area (Å²) in [6, 6.07) is 7.36. The minimum Gasteiger partial charge on any atom is -0.494 e. The summed E-state index contributed by atoms with van der Waals surface area (Å²) in [5.74, 6) is -1.49. The molecule has 33 heavy (non-hydrogen) atoms. The van der Waals surface area contributed by atoms with Gasteiger partial charge in [0.2, 0.25) is 5.43 Å². The predicted molar refractivity (Wildman–Crippen MR) is 126 cm³/mol. The van der Waals surface area contributed by atoms with Crippen LogP contribution < -0.4 is 10.2 Å². The third-order valence-electron chi connectivity index (χ3n) is 5.67. The molecule has 2 N–H and O–H groups in total. The van der Waals surface area contributed by atoms with Crippen LogP contribution in [0.4, 0.5) is 4.39 Å². The molecule has 0 amide bonds. The van der Waals surface area contributed by atoms with Crippen molar-refractivity contribution in [3.63, 3.8) is 0 Å².